The van der Waals surface area contributed by atoms with Gasteiger partial charge in [-0.3, -0.25) is 4.79 Å². The van der Waals surface area contributed by atoms with E-state index in [9.17, 15) is 4.79 Å². The van der Waals surface area contributed by atoms with Gasteiger partial charge in [0.25, 0.3) is 5.91 Å². The Kier molecular flexibility index (Phi) is 5.64. The molecule has 4 heteroatoms. The quantitative estimate of drug-likeness (QED) is 0.669. The molecule has 26 heavy (non-hydrogen) atoms. The average Bonchev–Trinajstić information content (AvgIpc) is 2.69. The second-order valence-corrected chi connectivity index (χ2v) is 6.17. The van der Waals surface area contributed by atoms with Crippen LogP contribution in [0.4, 0.5) is 11.4 Å². The van der Waals surface area contributed by atoms with E-state index < -0.39 is 0 Å². The molecular formula is C22H23N3O. The highest BCUT2D eigenvalue weighted by molar-refractivity contribution is 5.92. The molecule has 0 saturated carbocycles. The molecule has 1 unspecified atom stereocenters. The molecule has 132 valence electrons. The molecule has 1 amide bonds. The van der Waals surface area contributed by atoms with Gasteiger partial charge in [-0.05, 0) is 42.7 Å². The Bertz CT molecular complexity index is 860. The number of anilines is 2. The minimum absolute atomic E-state index is 0.0697. The topological polar surface area (TPSA) is 54.0 Å². The molecule has 0 spiro atoms. The third-order valence-corrected chi connectivity index (χ3v) is 4.32. The van der Waals surface area contributed by atoms with Crippen molar-refractivity contribution < 1.29 is 4.79 Å². The third-order valence-electron chi connectivity index (χ3n) is 4.32. The highest BCUT2D eigenvalue weighted by Gasteiger charge is 2.12. The Morgan fingerprint density at radius 1 is 1.00 bits per heavy atom. The molecule has 1 aromatic heterocycles. The number of benzene rings is 2. The summed E-state index contributed by atoms with van der Waals surface area (Å²) in [5.74, 6) is -0.179. The zero-order valence-electron chi connectivity index (χ0n) is 15.1. The van der Waals surface area contributed by atoms with Crippen LogP contribution in [0.25, 0.3) is 0 Å². The standard InChI is InChI=1S/C22H23N3O/c1-3-17-9-7-8-12-20(17)25-19-13-14-21(23-15-19)22(26)24-16(2)18-10-5-4-6-11-18/h4-16,25H,3H2,1-2H3,(H,24,26). The van der Waals surface area contributed by atoms with Crippen LogP contribution in [0.2, 0.25) is 0 Å². The normalized spacial score (nSPS) is 11.6. The van der Waals surface area contributed by atoms with Gasteiger partial charge in [-0.1, -0.05) is 55.5 Å². The van der Waals surface area contributed by atoms with Crippen molar-refractivity contribution >= 4 is 17.3 Å². The second-order valence-electron chi connectivity index (χ2n) is 6.17. The first-order valence-corrected chi connectivity index (χ1v) is 8.84. The lowest BCUT2D eigenvalue weighted by molar-refractivity contribution is 0.0935. The summed E-state index contributed by atoms with van der Waals surface area (Å²) in [7, 11) is 0. The number of carbonyl (C=O) groups excluding carboxylic acids is 1. The summed E-state index contributed by atoms with van der Waals surface area (Å²) in [5.41, 5.74) is 4.63. The molecule has 4 nitrogen and oxygen atoms in total. The van der Waals surface area contributed by atoms with E-state index >= 15 is 0 Å². The molecule has 0 bridgehead atoms. The molecule has 0 saturated heterocycles. The van der Waals surface area contributed by atoms with Crippen molar-refractivity contribution in [3.05, 3.63) is 89.7 Å². The molecule has 1 atom stereocenters. The number of amides is 1. The average molecular weight is 345 g/mol. The first kappa shape index (κ1) is 17.7. The SMILES string of the molecule is CCc1ccccc1Nc1ccc(C(=O)NC(C)c2ccccc2)nc1. The molecule has 0 aliphatic heterocycles. The van der Waals surface area contributed by atoms with Crippen molar-refractivity contribution in [1.29, 1.82) is 0 Å². The van der Waals surface area contributed by atoms with E-state index in [1.807, 2.05) is 61.5 Å². The van der Waals surface area contributed by atoms with Crippen LogP contribution in [-0.2, 0) is 6.42 Å². The molecular weight excluding hydrogens is 322 g/mol. The van der Waals surface area contributed by atoms with Gasteiger partial charge in [0.1, 0.15) is 5.69 Å². The molecule has 1 heterocycles. The van der Waals surface area contributed by atoms with Crippen molar-refractivity contribution in [1.82, 2.24) is 10.3 Å². The number of hydrogen-bond donors (Lipinski definition) is 2. The van der Waals surface area contributed by atoms with Crippen LogP contribution in [0.1, 0.15) is 41.5 Å². The minimum Gasteiger partial charge on any atom is -0.354 e. The van der Waals surface area contributed by atoms with Gasteiger partial charge >= 0.3 is 0 Å². The Hall–Kier alpha value is -3.14. The maximum absolute atomic E-state index is 12.4. The molecule has 2 N–H and O–H groups in total. The molecule has 0 aliphatic carbocycles. The Morgan fingerprint density at radius 2 is 1.73 bits per heavy atom. The number of para-hydroxylation sites is 1. The largest absolute Gasteiger partial charge is 0.354 e. The smallest absolute Gasteiger partial charge is 0.270 e. The number of rotatable bonds is 6. The number of pyridine rings is 1. The van der Waals surface area contributed by atoms with Gasteiger partial charge in [0.15, 0.2) is 0 Å². The number of aromatic nitrogens is 1. The van der Waals surface area contributed by atoms with Gasteiger partial charge in [0.05, 0.1) is 17.9 Å². The summed E-state index contributed by atoms with van der Waals surface area (Å²) in [6.45, 7) is 4.09. The maximum atomic E-state index is 12.4. The predicted molar refractivity (Wildman–Crippen MR) is 106 cm³/mol. The summed E-state index contributed by atoms with van der Waals surface area (Å²) >= 11 is 0. The Labute approximate surface area is 154 Å². The van der Waals surface area contributed by atoms with E-state index in [1.54, 1.807) is 12.3 Å². The van der Waals surface area contributed by atoms with Crippen molar-refractivity contribution in [3.8, 4) is 0 Å². The van der Waals surface area contributed by atoms with Crippen LogP contribution in [-0.4, -0.2) is 10.9 Å². The zero-order chi connectivity index (χ0) is 18.4. The molecule has 3 aromatic rings. The van der Waals surface area contributed by atoms with Crippen LogP contribution in [0, 0.1) is 0 Å². The van der Waals surface area contributed by atoms with Gasteiger partial charge in [-0.15, -0.1) is 0 Å². The molecule has 2 aromatic carbocycles. The maximum Gasteiger partial charge on any atom is 0.270 e. The van der Waals surface area contributed by atoms with Crippen LogP contribution >= 0.6 is 0 Å². The summed E-state index contributed by atoms with van der Waals surface area (Å²) in [5, 5.41) is 6.34. The van der Waals surface area contributed by atoms with E-state index in [0.717, 1.165) is 23.4 Å². The van der Waals surface area contributed by atoms with E-state index in [2.05, 4.69) is 28.6 Å². The van der Waals surface area contributed by atoms with Crippen LogP contribution in [0.3, 0.4) is 0 Å². The lowest BCUT2D eigenvalue weighted by Crippen LogP contribution is -2.27. The fourth-order valence-corrected chi connectivity index (χ4v) is 2.80. The first-order chi connectivity index (χ1) is 12.7. The van der Waals surface area contributed by atoms with E-state index in [0.29, 0.717) is 5.69 Å². The van der Waals surface area contributed by atoms with E-state index in [-0.39, 0.29) is 11.9 Å². The summed E-state index contributed by atoms with van der Waals surface area (Å²) in [6.07, 6.45) is 2.64. The van der Waals surface area contributed by atoms with Crippen LogP contribution < -0.4 is 10.6 Å². The molecule has 3 rings (SSSR count). The molecule has 0 radical (unpaired) electrons. The summed E-state index contributed by atoms with van der Waals surface area (Å²) < 4.78 is 0. The number of hydrogen-bond acceptors (Lipinski definition) is 3. The van der Waals surface area contributed by atoms with Crippen LogP contribution in [0.15, 0.2) is 72.9 Å². The summed E-state index contributed by atoms with van der Waals surface area (Å²) in [6, 6.07) is 21.6. The fourth-order valence-electron chi connectivity index (χ4n) is 2.80. The Morgan fingerprint density at radius 3 is 2.42 bits per heavy atom. The lowest BCUT2D eigenvalue weighted by Gasteiger charge is -2.14. The summed E-state index contributed by atoms with van der Waals surface area (Å²) in [4.78, 5) is 16.7. The van der Waals surface area contributed by atoms with E-state index in [4.69, 9.17) is 0 Å². The van der Waals surface area contributed by atoms with Crippen molar-refractivity contribution in [2.45, 2.75) is 26.3 Å². The minimum atomic E-state index is -0.179. The highest BCUT2D eigenvalue weighted by atomic mass is 16.1. The number of aryl methyl sites for hydroxylation is 1. The number of carbonyl (C=O) groups is 1. The van der Waals surface area contributed by atoms with Gasteiger partial charge in [0.2, 0.25) is 0 Å². The predicted octanol–water partition coefficient (Wildman–Crippen LogP) is 4.88. The zero-order valence-corrected chi connectivity index (χ0v) is 15.1. The second kappa shape index (κ2) is 8.30. The van der Waals surface area contributed by atoms with Gasteiger partial charge in [-0.25, -0.2) is 4.98 Å². The van der Waals surface area contributed by atoms with Crippen molar-refractivity contribution in [3.63, 3.8) is 0 Å². The lowest BCUT2D eigenvalue weighted by atomic mass is 10.1. The van der Waals surface area contributed by atoms with Gasteiger partial charge in [-0.2, -0.15) is 0 Å². The molecule has 0 fully saturated rings. The monoisotopic (exact) mass is 345 g/mol. The van der Waals surface area contributed by atoms with Crippen LogP contribution in [0.5, 0.6) is 0 Å². The third kappa shape index (κ3) is 4.28. The van der Waals surface area contributed by atoms with Gasteiger partial charge in [0, 0.05) is 5.69 Å². The Balaban J connectivity index is 1.66. The number of nitrogens with zero attached hydrogens (tertiary/aromatic N) is 1. The van der Waals surface area contributed by atoms with Crippen molar-refractivity contribution in [2.24, 2.45) is 0 Å². The highest BCUT2D eigenvalue weighted by Crippen LogP contribution is 2.21. The number of nitrogens with one attached hydrogen (secondary N) is 2. The fraction of sp³-hybridized carbons (Fsp3) is 0.182. The molecule has 0 aliphatic rings. The van der Waals surface area contributed by atoms with Crippen molar-refractivity contribution in [2.75, 3.05) is 5.32 Å². The van der Waals surface area contributed by atoms with E-state index in [1.165, 1.54) is 5.56 Å². The first-order valence-electron chi connectivity index (χ1n) is 8.84. The van der Waals surface area contributed by atoms with Gasteiger partial charge < -0.3 is 10.6 Å².